The Balaban J connectivity index is 1.49. The Bertz CT molecular complexity index is 716. The van der Waals surface area contributed by atoms with Gasteiger partial charge in [0.05, 0.1) is 18.4 Å². The predicted molar refractivity (Wildman–Crippen MR) is 93.0 cm³/mol. The molecule has 1 fully saturated rings. The number of piperazine rings is 1. The SMILES string of the molecule is C#CCCC1(CCC(=O)Nc2ccc(N3CCNCC3=O)cn2)N=N1. The van der Waals surface area contributed by atoms with E-state index in [1.807, 2.05) is 0 Å². The number of terminal acetylenes is 1. The molecule has 2 aliphatic heterocycles. The molecule has 0 radical (unpaired) electrons. The fourth-order valence-corrected chi connectivity index (χ4v) is 2.69. The lowest BCUT2D eigenvalue weighted by molar-refractivity contribution is -0.118. The van der Waals surface area contributed by atoms with Crippen molar-refractivity contribution in [1.29, 1.82) is 0 Å². The molecular formula is C17H20N6O2. The van der Waals surface area contributed by atoms with E-state index in [0.29, 0.717) is 44.6 Å². The smallest absolute Gasteiger partial charge is 0.241 e. The maximum absolute atomic E-state index is 12.1. The Hall–Kier alpha value is -2.79. The van der Waals surface area contributed by atoms with Crippen molar-refractivity contribution in [3.8, 4) is 12.3 Å². The number of hydrogen-bond donors (Lipinski definition) is 2. The van der Waals surface area contributed by atoms with Gasteiger partial charge in [0.15, 0.2) is 5.66 Å². The second-order valence-electron chi connectivity index (χ2n) is 6.06. The van der Waals surface area contributed by atoms with Gasteiger partial charge in [-0.2, -0.15) is 10.2 Å². The van der Waals surface area contributed by atoms with Crippen molar-refractivity contribution < 1.29 is 9.59 Å². The van der Waals surface area contributed by atoms with Gasteiger partial charge in [-0.05, 0) is 12.1 Å². The Kier molecular flexibility index (Phi) is 5.05. The first-order valence-electron chi connectivity index (χ1n) is 8.26. The summed E-state index contributed by atoms with van der Waals surface area (Å²) in [7, 11) is 0. The molecule has 130 valence electrons. The van der Waals surface area contributed by atoms with Crippen molar-refractivity contribution >= 4 is 23.3 Å². The van der Waals surface area contributed by atoms with Crippen molar-refractivity contribution in [3.63, 3.8) is 0 Å². The van der Waals surface area contributed by atoms with E-state index in [-0.39, 0.29) is 11.8 Å². The maximum Gasteiger partial charge on any atom is 0.241 e. The standard InChI is InChI=1S/C17H20N6O2/c1-2-3-7-17(21-22-17)8-6-15(24)20-14-5-4-13(11-19-14)23-10-9-18-12-16(23)25/h1,4-5,11,18H,3,6-10,12H2,(H,19,20,24). The third-order valence-electron chi connectivity index (χ3n) is 4.22. The number of rotatable bonds is 7. The van der Waals surface area contributed by atoms with Crippen LogP contribution in [0.15, 0.2) is 28.6 Å². The summed E-state index contributed by atoms with van der Waals surface area (Å²) in [5.74, 6) is 2.89. The van der Waals surface area contributed by atoms with Gasteiger partial charge in [0.25, 0.3) is 0 Å². The number of aromatic nitrogens is 1. The molecule has 8 heteroatoms. The monoisotopic (exact) mass is 340 g/mol. The van der Waals surface area contributed by atoms with Gasteiger partial charge >= 0.3 is 0 Å². The second-order valence-corrected chi connectivity index (χ2v) is 6.06. The van der Waals surface area contributed by atoms with Gasteiger partial charge in [-0.15, -0.1) is 12.3 Å². The van der Waals surface area contributed by atoms with Crippen LogP contribution >= 0.6 is 0 Å². The summed E-state index contributed by atoms with van der Waals surface area (Å²) in [4.78, 5) is 29.8. The molecule has 1 aromatic heterocycles. The van der Waals surface area contributed by atoms with Gasteiger partial charge in [0, 0.05) is 38.8 Å². The number of anilines is 2. The third kappa shape index (κ3) is 4.39. The molecule has 2 amide bonds. The molecule has 1 saturated heterocycles. The molecule has 0 saturated carbocycles. The Morgan fingerprint density at radius 3 is 2.88 bits per heavy atom. The zero-order valence-electron chi connectivity index (χ0n) is 13.9. The van der Waals surface area contributed by atoms with E-state index in [0.717, 1.165) is 12.2 Å². The van der Waals surface area contributed by atoms with Crippen LogP contribution in [0.2, 0.25) is 0 Å². The van der Waals surface area contributed by atoms with E-state index in [9.17, 15) is 9.59 Å². The van der Waals surface area contributed by atoms with Crippen LogP contribution in [0.5, 0.6) is 0 Å². The predicted octanol–water partition coefficient (Wildman–Crippen LogP) is 1.31. The van der Waals surface area contributed by atoms with Gasteiger partial charge in [-0.25, -0.2) is 4.98 Å². The van der Waals surface area contributed by atoms with Gasteiger partial charge in [-0.3, -0.25) is 9.59 Å². The number of nitrogens with zero attached hydrogens (tertiary/aromatic N) is 4. The molecule has 3 heterocycles. The summed E-state index contributed by atoms with van der Waals surface area (Å²) in [6.45, 7) is 1.69. The van der Waals surface area contributed by atoms with E-state index < -0.39 is 5.66 Å². The number of hydrogen-bond acceptors (Lipinski definition) is 6. The molecule has 0 aliphatic carbocycles. The van der Waals surface area contributed by atoms with Crippen LogP contribution in [-0.2, 0) is 9.59 Å². The first kappa shape index (κ1) is 17.0. The van der Waals surface area contributed by atoms with Gasteiger partial charge in [0.2, 0.25) is 11.8 Å². The summed E-state index contributed by atoms with van der Waals surface area (Å²) in [5.41, 5.74) is 0.275. The van der Waals surface area contributed by atoms with Crippen LogP contribution < -0.4 is 15.5 Å². The van der Waals surface area contributed by atoms with E-state index in [4.69, 9.17) is 6.42 Å². The van der Waals surface area contributed by atoms with Crippen LogP contribution in [0.4, 0.5) is 11.5 Å². The van der Waals surface area contributed by atoms with Crippen molar-refractivity contribution in [2.45, 2.75) is 31.3 Å². The lowest BCUT2D eigenvalue weighted by atomic mass is 10.0. The third-order valence-corrected chi connectivity index (χ3v) is 4.22. The minimum atomic E-state index is -0.455. The number of amides is 2. The first-order valence-corrected chi connectivity index (χ1v) is 8.26. The average Bonchev–Trinajstić information content (AvgIpc) is 3.40. The van der Waals surface area contributed by atoms with Crippen LogP contribution in [0.3, 0.4) is 0 Å². The largest absolute Gasteiger partial charge is 0.311 e. The summed E-state index contributed by atoms with van der Waals surface area (Å²) in [6.07, 6.45) is 8.98. The van der Waals surface area contributed by atoms with Crippen molar-refractivity contribution in [3.05, 3.63) is 18.3 Å². The quantitative estimate of drug-likeness (QED) is 0.731. The fourth-order valence-electron chi connectivity index (χ4n) is 2.69. The lowest BCUT2D eigenvalue weighted by Gasteiger charge is -2.27. The summed E-state index contributed by atoms with van der Waals surface area (Å²) >= 11 is 0. The van der Waals surface area contributed by atoms with Crippen LogP contribution in [-0.4, -0.2) is 42.1 Å². The topological polar surface area (TPSA) is 99.1 Å². The van der Waals surface area contributed by atoms with E-state index in [1.54, 1.807) is 23.2 Å². The Morgan fingerprint density at radius 2 is 2.24 bits per heavy atom. The molecule has 25 heavy (non-hydrogen) atoms. The number of nitrogens with one attached hydrogen (secondary N) is 2. The lowest BCUT2D eigenvalue weighted by Crippen LogP contribution is -2.48. The highest BCUT2D eigenvalue weighted by Crippen LogP contribution is 2.37. The van der Waals surface area contributed by atoms with E-state index in [2.05, 4.69) is 31.8 Å². The molecular weight excluding hydrogens is 320 g/mol. The molecule has 0 unspecified atom stereocenters. The highest BCUT2D eigenvalue weighted by Gasteiger charge is 2.39. The highest BCUT2D eigenvalue weighted by atomic mass is 16.2. The Morgan fingerprint density at radius 1 is 1.40 bits per heavy atom. The normalized spacial score (nSPS) is 17.9. The zero-order chi connectivity index (χ0) is 17.7. The van der Waals surface area contributed by atoms with Crippen molar-refractivity contribution in [2.75, 3.05) is 29.9 Å². The number of carbonyl (C=O) groups excluding carboxylic acids is 2. The molecule has 2 N–H and O–H groups in total. The molecule has 3 rings (SSSR count). The van der Waals surface area contributed by atoms with Crippen molar-refractivity contribution in [1.82, 2.24) is 10.3 Å². The summed E-state index contributed by atoms with van der Waals surface area (Å²) in [6, 6.07) is 3.48. The van der Waals surface area contributed by atoms with Crippen LogP contribution in [0.25, 0.3) is 0 Å². The maximum atomic E-state index is 12.1. The second kappa shape index (κ2) is 7.40. The van der Waals surface area contributed by atoms with Crippen molar-refractivity contribution in [2.24, 2.45) is 10.2 Å². The average molecular weight is 340 g/mol. The van der Waals surface area contributed by atoms with Crippen LogP contribution in [0.1, 0.15) is 25.7 Å². The minimum Gasteiger partial charge on any atom is -0.311 e. The fraction of sp³-hybridized carbons (Fsp3) is 0.471. The number of pyridine rings is 1. The Labute approximate surface area is 146 Å². The number of carbonyl (C=O) groups is 2. The summed E-state index contributed by atoms with van der Waals surface area (Å²) < 4.78 is 0. The van der Waals surface area contributed by atoms with Gasteiger partial charge < -0.3 is 15.5 Å². The molecule has 0 spiro atoms. The van der Waals surface area contributed by atoms with Crippen LogP contribution in [0, 0.1) is 12.3 Å². The minimum absolute atomic E-state index is 0.0130. The molecule has 0 bridgehead atoms. The zero-order valence-corrected chi connectivity index (χ0v) is 13.9. The molecule has 0 atom stereocenters. The van der Waals surface area contributed by atoms with E-state index >= 15 is 0 Å². The summed E-state index contributed by atoms with van der Waals surface area (Å²) in [5, 5.41) is 13.8. The molecule has 2 aliphatic rings. The molecule has 8 nitrogen and oxygen atoms in total. The first-order chi connectivity index (χ1) is 12.1. The molecule has 0 aromatic carbocycles. The molecule has 1 aromatic rings. The van der Waals surface area contributed by atoms with E-state index in [1.165, 1.54) is 0 Å². The highest BCUT2D eigenvalue weighted by molar-refractivity contribution is 5.95. The van der Waals surface area contributed by atoms with Gasteiger partial charge in [0.1, 0.15) is 5.82 Å². The van der Waals surface area contributed by atoms with Gasteiger partial charge in [-0.1, -0.05) is 0 Å².